The molecule has 0 aliphatic heterocycles. The number of ketones is 4. The summed E-state index contributed by atoms with van der Waals surface area (Å²) in [5.41, 5.74) is 10.9. The number of fused-ring (bicyclic) bond motifs is 4. The molecule has 0 N–H and O–H groups in total. The second-order valence-corrected chi connectivity index (χ2v) is 25.4. The highest BCUT2D eigenvalue weighted by Gasteiger charge is 2.17. The summed E-state index contributed by atoms with van der Waals surface area (Å²) in [5, 5.41) is 6.31. The zero-order chi connectivity index (χ0) is 54.7. The minimum absolute atomic E-state index is 0. The van der Waals surface area contributed by atoms with Gasteiger partial charge in [-0.1, -0.05) is 104 Å². The largest absolute Gasteiger partial charge is 0.293 e. The molecule has 12 aromatic rings. The fourth-order valence-electron chi connectivity index (χ4n) is 8.75. The summed E-state index contributed by atoms with van der Waals surface area (Å²) < 4.78 is 2.02. The third-order valence-electron chi connectivity index (χ3n) is 12.6. The molecule has 12 rings (SSSR count). The van der Waals surface area contributed by atoms with Gasteiger partial charge in [0, 0.05) is 76.9 Å². The van der Waals surface area contributed by atoms with Crippen LogP contribution in [0.2, 0.25) is 0 Å². The number of halogens is 2. The van der Waals surface area contributed by atoms with Crippen LogP contribution in [0.1, 0.15) is 89.9 Å². The van der Waals surface area contributed by atoms with Gasteiger partial charge in [-0.2, -0.15) is 0 Å². The molecule has 0 aliphatic carbocycles. The average molecular weight is 1240 g/mol. The number of carbonyl (C=O) groups excluding carboxylic acids is 4. The molecule has 79 heavy (non-hydrogen) atoms. The number of pyridine rings is 4. The first-order valence-electron chi connectivity index (χ1n) is 24.8. The van der Waals surface area contributed by atoms with Crippen molar-refractivity contribution in [1.29, 1.82) is 0 Å². The van der Waals surface area contributed by atoms with E-state index in [0.29, 0.717) is 25.7 Å². The van der Waals surface area contributed by atoms with E-state index in [9.17, 15) is 19.2 Å². The maximum Gasteiger partial charge on any atom is 0.177 e. The molecule has 0 aliphatic rings. The van der Waals surface area contributed by atoms with Crippen molar-refractivity contribution in [3.05, 3.63) is 253 Å². The summed E-state index contributed by atoms with van der Waals surface area (Å²) in [5.74, 6) is 0.616. The first kappa shape index (κ1) is 58.1. The van der Waals surface area contributed by atoms with Gasteiger partial charge >= 0.3 is 0 Å². The summed E-state index contributed by atoms with van der Waals surface area (Å²) >= 11 is 12.9. The molecule has 0 spiro atoms. The summed E-state index contributed by atoms with van der Waals surface area (Å²) in [4.78, 5) is 71.3. The molecular formula is C65H54Br2N4O4S4. The molecule has 396 valence electrons. The molecule has 0 saturated heterocycles. The van der Waals surface area contributed by atoms with Crippen molar-refractivity contribution in [2.75, 3.05) is 0 Å². The number of Topliss-reactive ketones (excluding diaryl/α,β-unsaturated/α-hetero) is 4. The number of nitrogens with zero attached hydrogens (tertiary/aromatic N) is 4. The minimum atomic E-state index is 0. The number of aromatic nitrogens is 4. The normalized spacial score (nSPS) is 10.7. The third-order valence-corrected chi connectivity index (χ3v) is 18.7. The van der Waals surface area contributed by atoms with E-state index in [4.69, 9.17) is 0 Å². The van der Waals surface area contributed by atoms with E-state index in [1.165, 1.54) is 38.9 Å². The Labute approximate surface area is 492 Å². The second kappa shape index (κ2) is 27.2. The van der Waals surface area contributed by atoms with Crippen LogP contribution in [0.25, 0.3) is 43.6 Å². The molecule has 8 aromatic heterocycles. The number of rotatable bonds is 12. The molecule has 0 fully saturated rings. The molecule has 0 bridgehead atoms. The topological polar surface area (TPSA) is 120 Å². The number of thiophene rings is 4. The highest BCUT2D eigenvalue weighted by molar-refractivity contribution is 9.11. The lowest BCUT2D eigenvalue weighted by molar-refractivity contribution is 0.0988. The van der Waals surface area contributed by atoms with Crippen LogP contribution >= 0.6 is 77.2 Å². The van der Waals surface area contributed by atoms with Crippen LogP contribution in [0, 0.1) is 27.7 Å². The van der Waals surface area contributed by atoms with Crippen molar-refractivity contribution >= 4 is 144 Å². The fourth-order valence-corrected chi connectivity index (χ4v) is 13.5. The molecule has 0 atom stereocenters. The van der Waals surface area contributed by atoms with Crippen LogP contribution in [0.4, 0.5) is 0 Å². The Kier molecular flexibility index (Phi) is 20.0. The Morgan fingerprint density at radius 1 is 0.418 bits per heavy atom. The summed E-state index contributed by atoms with van der Waals surface area (Å²) in [6, 6.07) is 49.4. The van der Waals surface area contributed by atoms with Gasteiger partial charge in [0.05, 0.1) is 49.1 Å². The van der Waals surface area contributed by atoms with E-state index in [1.807, 2.05) is 185 Å². The van der Waals surface area contributed by atoms with Crippen LogP contribution < -0.4 is 0 Å². The van der Waals surface area contributed by atoms with Crippen molar-refractivity contribution in [2.24, 2.45) is 0 Å². The van der Waals surface area contributed by atoms with Crippen LogP contribution in [0.15, 0.2) is 189 Å². The Bertz CT molecular complexity index is 3970. The van der Waals surface area contributed by atoms with Gasteiger partial charge in [0.1, 0.15) is 0 Å². The maximum absolute atomic E-state index is 12.5. The zero-order valence-electron chi connectivity index (χ0n) is 43.0. The SMILES string of the molecule is C.Cc1cc(Br)sc1C(=O)Cc1cccc2cccnc12.Cc1cc(C(=O)Cc2cccc3cccnc23)sc1Br.Cc1ccc(C(=O)Cc2cccc3cccnc23)s1.Cc1csc(C(=O)Cc2cccc3cccnc23)c1. The zero-order valence-corrected chi connectivity index (χ0v) is 49.4. The van der Waals surface area contributed by atoms with Crippen molar-refractivity contribution in [3.63, 3.8) is 0 Å². The lowest BCUT2D eigenvalue weighted by atomic mass is 10.0. The monoisotopic (exact) mass is 1240 g/mol. The Hall–Kier alpha value is -7.04. The van der Waals surface area contributed by atoms with Gasteiger partial charge in [-0.15, -0.1) is 45.3 Å². The van der Waals surface area contributed by atoms with Crippen LogP contribution in [0.3, 0.4) is 0 Å². The van der Waals surface area contributed by atoms with Gasteiger partial charge in [-0.3, -0.25) is 39.1 Å². The van der Waals surface area contributed by atoms with E-state index in [0.717, 1.165) is 110 Å². The Balaban J connectivity index is 0.000000138. The summed E-state index contributed by atoms with van der Waals surface area (Å²) in [6.45, 7) is 7.99. The average Bonchev–Trinajstić information content (AvgIpc) is 4.27. The highest BCUT2D eigenvalue weighted by atomic mass is 79.9. The van der Waals surface area contributed by atoms with Gasteiger partial charge in [-0.25, -0.2) is 0 Å². The maximum atomic E-state index is 12.5. The second-order valence-electron chi connectivity index (χ2n) is 18.4. The molecule has 0 saturated carbocycles. The van der Waals surface area contributed by atoms with E-state index in [2.05, 4.69) is 51.8 Å². The van der Waals surface area contributed by atoms with E-state index in [1.54, 1.807) is 36.1 Å². The van der Waals surface area contributed by atoms with Gasteiger partial charge < -0.3 is 0 Å². The smallest absolute Gasteiger partial charge is 0.177 e. The van der Waals surface area contributed by atoms with E-state index < -0.39 is 0 Å². The van der Waals surface area contributed by atoms with E-state index >= 15 is 0 Å². The molecule has 8 nitrogen and oxygen atoms in total. The molecule has 14 heteroatoms. The van der Waals surface area contributed by atoms with E-state index in [-0.39, 0.29) is 30.6 Å². The van der Waals surface area contributed by atoms with Crippen LogP contribution in [0.5, 0.6) is 0 Å². The van der Waals surface area contributed by atoms with Crippen LogP contribution in [-0.4, -0.2) is 43.1 Å². The number of aryl methyl sites for hydroxylation is 4. The summed E-state index contributed by atoms with van der Waals surface area (Å²) in [7, 11) is 0. The minimum Gasteiger partial charge on any atom is -0.293 e. The lowest BCUT2D eigenvalue weighted by Crippen LogP contribution is -2.03. The predicted octanol–water partition coefficient (Wildman–Crippen LogP) is 18.3. The standard InChI is InChI=1S/2C16H12BrNOS.2C16H13NOS.CH4/c1-10-8-14(17)20-16(10)13(19)9-12-5-2-4-11-6-3-7-18-15(11)12;1-10-8-14(20-16(10)17)13(19)9-12-5-2-4-11-6-3-7-18-15(11)12;1-11-7-8-15(19-11)14(18)10-13-5-2-4-12-6-3-9-17-16(12)13;1-11-8-15(19-10-11)14(18)9-13-5-2-4-12-6-3-7-17-16(12)13;/h2*2-8H,9H2,1H3;2-9H,10H2,1H3;2-8,10H,9H2,1H3;1H4. The quantitative estimate of drug-likeness (QED) is 0.111. The van der Waals surface area contributed by atoms with Crippen LogP contribution in [-0.2, 0) is 25.7 Å². The van der Waals surface area contributed by atoms with Crippen molar-refractivity contribution in [1.82, 2.24) is 19.9 Å². The Morgan fingerprint density at radius 2 is 0.823 bits per heavy atom. The number of benzene rings is 4. The first-order chi connectivity index (χ1) is 37.8. The molecule has 0 unspecified atom stereocenters. The molecule has 0 amide bonds. The number of hydrogen-bond acceptors (Lipinski definition) is 12. The number of carbonyl (C=O) groups is 4. The van der Waals surface area contributed by atoms with Gasteiger partial charge in [0.2, 0.25) is 0 Å². The lowest BCUT2D eigenvalue weighted by Gasteiger charge is -2.04. The molecular weight excluding hydrogens is 1190 g/mol. The Morgan fingerprint density at radius 3 is 1.18 bits per heavy atom. The van der Waals surface area contributed by atoms with Gasteiger partial charge in [0.25, 0.3) is 0 Å². The van der Waals surface area contributed by atoms with Gasteiger partial charge in [0.15, 0.2) is 23.1 Å². The summed E-state index contributed by atoms with van der Waals surface area (Å²) in [6.07, 6.45) is 8.67. The van der Waals surface area contributed by atoms with Crippen molar-refractivity contribution in [2.45, 2.75) is 60.8 Å². The third kappa shape index (κ3) is 14.8. The van der Waals surface area contributed by atoms with Crippen molar-refractivity contribution < 1.29 is 19.2 Å². The highest BCUT2D eigenvalue weighted by Crippen LogP contribution is 2.31. The first-order valence-corrected chi connectivity index (χ1v) is 29.8. The number of para-hydroxylation sites is 4. The number of hydrogen-bond donors (Lipinski definition) is 0. The molecule has 8 heterocycles. The fraction of sp³-hybridized carbons (Fsp3) is 0.138. The molecule has 4 aromatic carbocycles. The molecule has 0 radical (unpaired) electrons. The van der Waals surface area contributed by atoms with Gasteiger partial charge in [-0.05, 0) is 158 Å². The predicted molar refractivity (Wildman–Crippen MR) is 337 cm³/mol. The van der Waals surface area contributed by atoms with Crippen molar-refractivity contribution in [3.8, 4) is 0 Å².